The molecule has 0 spiro atoms. The predicted octanol–water partition coefficient (Wildman–Crippen LogP) is 1.35. The van der Waals surface area contributed by atoms with Crippen LogP contribution in [-0.2, 0) is 16.0 Å². The minimum atomic E-state index is 0.0423. The molecule has 0 aliphatic carbocycles. The van der Waals surface area contributed by atoms with Gasteiger partial charge in [-0.2, -0.15) is 4.98 Å². The van der Waals surface area contributed by atoms with Gasteiger partial charge in [-0.3, -0.25) is 14.5 Å². The molecule has 0 radical (unpaired) electrons. The summed E-state index contributed by atoms with van der Waals surface area (Å²) in [7, 11) is 1.61. The molecule has 9 nitrogen and oxygen atoms in total. The number of carbonyl (C=O) groups excluding carboxylic acids is 2. The van der Waals surface area contributed by atoms with E-state index in [1.807, 2.05) is 36.1 Å². The van der Waals surface area contributed by atoms with E-state index in [-0.39, 0.29) is 11.8 Å². The number of benzene rings is 1. The molecule has 1 saturated heterocycles. The Morgan fingerprint density at radius 1 is 1.17 bits per heavy atom. The van der Waals surface area contributed by atoms with Crippen LogP contribution in [0.25, 0.3) is 11.4 Å². The van der Waals surface area contributed by atoms with Crippen LogP contribution in [0.1, 0.15) is 25.7 Å². The number of nitrogens with zero attached hydrogens (tertiary/aromatic N) is 4. The molecule has 9 heteroatoms. The maximum atomic E-state index is 12.5. The molecule has 1 aromatic heterocycles. The van der Waals surface area contributed by atoms with Crippen LogP contribution in [0.4, 0.5) is 0 Å². The van der Waals surface area contributed by atoms with Gasteiger partial charge >= 0.3 is 0 Å². The first-order chi connectivity index (χ1) is 14.6. The summed E-state index contributed by atoms with van der Waals surface area (Å²) in [5.41, 5.74) is 0.830. The average molecular weight is 415 g/mol. The van der Waals surface area contributed by atoms with Gasteiger partial charge in [-0.1, -0.05) is 12.1 Å². The lowest BCUT2D eigenvalue weighted by atomic mass is 10.2. The zero-order chi connectivity index (χ0) is 21.3. The Labute approximate surface area is 176 Å². The van der Waals surface area contributed by atoms with Gasteiger partial charge in [0, 0.05) is 51.1 Å². The molecule has 1 aliphatic heterocycles. The number of carbonyl (C=O) groups is 2. The van der Waals surface area contributed by atoms with Crippen LogP contribution in [0.15, 0.2) is 28.8 Å². The quantitative estimate of drug-likeness (QED) is 0.660. The van der Waals surface area contributed by atoms with E-state index < -0.39 is 0 Å². The van der Waals surface area contributed by atoms with Crippen molar-refractivity contribution in [2.75, 3.05) is 46.4 Å². The molecular formula is C21H29N5O4. The number of aryl methyl sites for hydroxylation is 1. The normalized spacial score (nSPS) is 14.5. The van der Waals surface area contributed by atoms with E-state index in [9.17, 15) is 9.59 Å². The molecule has 162 valence electrons. The fraction of sp³-hybridized carbons (Fsp3) is 0.524. The highest BCUT2D eigenvalue weighted by atomic mass is 16.5. The predicted molar refractivity (Wildman–Crippen MR) is 111 cm³/mol. The Morgan fingerprint density at radius 2 is 1.90 bits per heavy atom. The molecule has 2 heterocycles. The van der Waals surface area contributed by atoms with Crippen molar-refractivity contribution in [2.24, 2.45) is 0 Å². The summed E-state index contributed by atoms with van der Waals surface area (Å²) in [5, 5.41) is 6.88. The van der Waals surface area contributed by atoms with Gasteiger partial charge in [0.25, 0.3) is 0 Å². The van der Waals surface area contributed by atoms with Crippen molar-refractivity contribution < 1.29 is 18.8 Å². The number of aromatic nitrogens is 2. The van der Waals surface area contributed by atoms with E-state index in [1.165, 1.54) is 0 Å². The largest absolute Gasteiger partial charge is 0.497 e. The second-order valence-corrected chi connectivity index (χ2v) is 7.25. The molecule has 0 unspecified atom stereocenters. The Balaban J connectivity index is 1.42. The highest BCUT2D eigenvalue weighted by Gasteiger charge is 2.22. The zero-order valence-electron chi connectivity index (χ0n) is 17.6. The van der Waals surface area contributed by atoms with Crippen molar-refractivity contribution in [1.82, 2.24) is 25.3 Å². The molecule has 0 bridgehead atoms. The Kier molecular flexibility index (Phi) is 7.78. The van der Waals surface area contributed by atoms with E-state index in [0.29, 0.717) is 63.8 Å². The van der Waals surface area contributed by atoms with Gasteiger partial charge in [-0.15, -0.1) is 0 Å². The summed E-state index contributed by atoms with van der Waals surface area (Å²) in [6.45, 7) is 5.77. The minimum absolute atomic E-state index is 0.0423. The highest BCUT2D eigenvalue weighted by Crippen LogP contribution is 2.20. The molecule has 1 fully saturated rings. The molecule has 0 atom stereocenters. The van der Waals surface area contributed by atoms with Gasteiger partial charge in [-0.05, 0) is 30.7 Å². The number of nitrogens with one attached hydrogen (secondary N) is 1. The summed E-state index contributed by atoms with van der Waals surface area (Å²) in [6.07, 6.45) is 1.65. The third kappa shape index (κ3) is 6.03. The highest BCUT2D eigenvalue weighted by molar-refractivity contribution is 5.78. The fourth-order valence-electron chi connectivity index (χ4n) is 3.26. The number of hydrogen-bond donors (Lipinski definition) is 1. The van der Waals surface area contributed by atoms with Gasteiger partial charge in [0.15, 0.2) is 0 Å². The summed E-state index contributed by atoms with van der Waals surface area (Å²) in [6, 6.07) is 7.39. The lowest BCUT2D eigenvalue weighted by molar-refractivity contribution is -0.133. The Bertz CT molecular complexity index is 828. The summed E-state index contributed by atoms with van der Waals surface area (Å²) >= 11 is 0. The first-order valence-electron chi connectivity index (χ1n) is 10.3. The van der Waals surface area contributed by atoms with Crippen LogP contribution < -0.4 is 10.1 Å². The maximum Gasteiger partial charge on any atom is 0.234 e. The summed E-state index contributed by atoms with van der Waals surface area (Å²) < 4.78 is 10.4. The molecule has 1 aliphatic rings. The van der Waals surface area contributed by atoms with Crippen molar-refractivity contribution in [1.29, 1.82) is 0 Å². The van der Waals surface area contributed by atoms with Crippen LogP contribution in [0.2, 0.25) is 0 Å². The number of hydrogen-bond acceptors (Lipinski definition) is 7. The van der Waals surface area contributed by atoms with Crippen LogP contribution in [0, 0.1) is 0 Å². The van der Waals surface area contributed by atoms with Crippen molar-refractivity contribution in [3.63, 3.8) is 0 Å². The lowest BCUT2D eigenvalue weighted by Gasteiger charge is -2.34. The molecule has 30 heavy (non-hydrogen) atoms. The molecular weight excluding hydrogens is 386 g/mol. The molecule has 2 amide bonds. The monoisotopic (exact) mass is 415 g/mol. The lowest BCUT2D eigenvalue weighted by Crippen LogP contribution is -2.51. The van der Waals surface area contributed by atoms with Crippen molar-refractivity contribution in [3.05, 3.63) is 30.2 Å². The first-order valence-corrected chi connectivity index (χ1v) is 10.3. The van der Waals surface area contributed by atoms with E-state index in [1.54, 1.807) is 7.11 Å². The smallest absolute Gasteiger partial charge is 0.234 e. The van der Waals surface area contributed by atoms with Crippen LogP contribution in [0.3, 0.4) is 0 Å². The van der Waals surface area contributed by atoms with Gasteiger partial charge in [0.05, 0.1) is 13.7 Å². The van der Waals surface area contributed by atoms with Crippen molar-refractivity contribution in [3.8, 4) is 17.1 Å². The third-order valence-corrected chi connectivity index (χ3v) is 5.03. The van der Waals surface area contributed by atoms with E-state index in [4.69, 9.17) is 9.26 Å². The van der Waals surface area contributed by atoms with E-state index in [0.717, 1.165) is 17.7 Å². The molecule has 0 saturated carbocycles. The number of piperazine rings is 1. The van der Waals surface area contributed by atoms with Gasteiger partial charge in [-0.25, -0.2) is 0 Å². The van der Waals surface area contributed by atoms with Gasteiger partial charge in [0.2, 0.25) is 23.5 Å². The zero-order valence-corrected chi connectivity index (χ0v) is 17.6. The first kappa shape index (κ1) is 21.8. The topological polar surface area (TPSA) is 101 Å². The van der Waals surface area contributed by atoms with E-state index in [2.05, 4.69) is 20.4 Å². The van der Waals surface area contributed by atoms with Crippen LogP contribution >= 0.6 is 0 Å². The number of ether oxygens (including phenoxy) is 1. The maximum absolute atomic E-state index is 12.5. The second kappa shape index (κ2) is 10.7. The molecule has 3 rings (SSSR count). The molecule has 1 N–H and O–H groups in total. The SMILES string of the molecule is CCCNC(=O)CN1CCN(C(=O)CCc2nc(-c3ccc(OC)cc3)no2)CC1. The van der Waals surface area contributed by atoms with Gasteiger partial charge < -0.3 is 19.5 Å². The molecule has 1 aromatic carbocycles. The summed E-state index contributed by atoms with van der Waals surface area (Å²) in [5.74, 6) is 1.81. The Hall–Kier alpha value is -2.94. The van der Waals surface area contributed by atoms with Crippen LogP contribution in [-0.4, -0.2) is 78.1 Å². The number of methoxy groups -OCH3 is 1. The Morgan fingerprint density at radius 3 is 2.57 bits per heavy atom. The van der Waals surface area contributed by atoms with Crippen molar-refractivity contribution in [2.45, 2.75) is 26.2 Å². The number of amides is 2. The fourth-order valence-corrected chi connectivity index (χ4v) is 3.26. The van der Waals surface area contributed by atoms with Crippen molar-refractivity contribution >= 4 is 11.8 Å². The third-order valence-electron chi connectivity index (χ3n) is 5.03. The summed E-state index contributed by atoms with van der Waals surface area (Å²) in [4.78, 5) is 32.6. The second-order valence-electron chi connectivity index (χ2n) is 7.25. The number of rotatable bonds is 9. The standard InChI is InChI=1S/C21H29N5O4/c1-3-10-22-18(27)15-25-11-13-26(14-12-25)20(28)9-8-19-23-21(24-30-19)16-4-6-17(29-2)7-5-16/h4-7H,3,8-15H2,1-2H3,(H,22,27). The van der Waals surface area contributed by atoms with Gasteiger partial charge in [0.1, 0.15) is 5.75 Å². The average Bonchev–Trinajstić information content (AvgIpc) is 3.25. The van der Waals surface area contributed by atoms with E-state index >= 15 is 0 Å². The van der Waals surface area contributed by atoms with Crippen LogP contribution in [0.5, 0.6) is 5.75 Å². The minimum Gasteiger partial charge on any atom is -0.497 e. The molecule has 2 aromatic rings.